The van der Waals surface area contributed by atoms with Gasteiger partial charge < -0.3 is 27.8 Å². The van der Waals surface area contributed by atoms with Gasteiger partial charge in [-0.15, -0.1) is 0 Å². The van der Waals surface area contributed by atoms with Crippen molar-refractivity contribution in [1.29, 1.82) is 0 Å². The molecule has 0 radical (unpaired) electrons. The third-order valence-corrected chi connectivity index (χ3v) is 2.41. The van der Waals surface area contributed by atoms with Gasteiger partial charge in [-0.25, -0.2) is 0 Å². The van der Waals surface area contributed by atoms with Crippen LogP contribution in [-0.4, -0.2) is 64.6 Å². The first-order valence-corrected chi connectivity index (χ1v) is 6.74. The van der Waals surface area contributed by atoms with Crippen LogP contribution in [0.5, 0.6) is 0 Å². The molecule has 0 bridgehead atoms. The van der Waals surface area contributed by atoms with E-state index in [-0.39, 0.29) is 12.2 Å². The summed E-state index contributed by atoms with van der Waals surface area (Å²) in [7, 11) is 0. The molecular formula is C11H31N7. The second-order valence-corrected chi connectivity index (χ2v) is 4.42. The Kier molecular flexibility index (Phi) is 13.0. The summed E-state index contributed by atoms with van der Waals surface area (Å²) in [5.74, 6) is 0. The van der Waals surface area contributed by atoms with E-state index in [9.17, 15) is 0 Å². The second-order valence-electron chi connectivity index (χ2n) is 4.42. The number of nitrogens with two attached hydrogens (primary N) is 3. The minimum Gasteiger partial charge on any atom is -0.329 e. The van der Waals surface area contributed by atoms with Crippen LogP contribution in [0.15, 0.2) is 0 Å². The summed E-state index contributed by atoms with van der Waals surface area (Å²) < 4.78 is 0. The van der Waals surface area contributed by atoms with Crippen molar-refractivity contribution in [2.75, 3.05) is 52.4 Å². The average molecular weight is 261 g/mol. The van der Waals surface area contributed by atoms with E-state index < -0.39 is 0 Å². The highest BCUT2D eigenvalue weighted by Gasteiger charge is 2.04. The first-order valence-electron chi connectivity index (χ1n) is 6.74. The van der Waals surface area contributed by atoms with Crippen molar-refractivity contribution in [1.82, 2.24) is 21.3 Å². The Morgan fingerprint density at radius 3 is 2.06 bits per heavy atom. The van der Waals surface area contributed by atoms with Crippen LogP contribution in [0.3, 0.4) is 0 Å². The Hall–Kier alpha value is -0.280. The molecule has 0 aromatic heterocycles. The maximum Gasteiger partial charge on any atom is 0.0699 e. The van der Waals surface area contributed by atoms with Gasteiger partial charge in [0.15, 0.2) is 0 Å². The van der Waals surface area contributed by atoms with E-state index in [2.05, 4.69) is 21.3 Å². The molecule has 2 unspecified atom stereocenters. The topological polar surface area (TPSA) is 126 Å². The molecule has 0 rings (SSSR count). The van der Waals surface area contributed by atoms with Crippen LogP contribution in [0.4, 0.5) is 0 Å². The summed E-state index contributed by atoms with van der Waals surface area (Å²) in [6.07, 6.45) is 0.133. The average Bonchev–Trinajstić information content (AvgIpc) is 2.36. The minimum absolute atomic E-state index is 0.133. The van der Waals surface area contributed by atoms with Crippen LogP contribution in [0.2, 0.25) is 0 Å². The van der Waals surface area contributed by atoms with E-state index in [1.807, 2.05) is 6.92 Å². The molecule has 0 fully saturated rings. The zero-order valence-corrected chi connectivity index (χ0v) is 11.5. The van der Waals surface area contributed by atoms with Gasteiger partial charge in [0.25, 0.3) is 0 Å². The number of rotatable bonds is 13. The summed E-state index contributed by atoms with van der Waals surface area (Å²) in [6, 6.07) is 0.146. The van der Waals surface area contributed by atoms with Crippen molar-refractivity contribution in [3.63, 3.8) is 0 Å². The van der Waals surface area contributed by atoms with Gasteiger partial charge in [0.2, 0.25) is 0 Å². The summed E-state index contributed by atoms with van der Waals surface area (Å²) >= 11 is 0. The third kappa shape index (κ3) is 12.2. The summed E-state index contributed by atoms with van der Waals surface area (Å²) in [4.78, 5) is 0. The van der Waals surface area contributed by atoms with Crippen LogP contribution in [-0.2, 0) is 0 Å². The van der Waals surface area contributed by atoms with Gasteiger partial charge in [-0.3, -0.25) is 10.6 Å². The molecule has 0 saturated carbocycles. The lowest BCUT2D eigenvalue weighted by atomic mass is 10.3. The zero-order chi connectivity index (χ0) is 13.6. The Morgan fingerprint density at radius 2 is 1.50 bits per heavy atom. The van der Waals surface area contributed by atoms with E-state index in [1.165, 1.54) is 0 Å². The van der Waals surface area contributed by atoms with Gasteiger partial charge in [0.05, 0.1) is 6.17 Å². The number of nitrogens with one attached hydrogen (secondary N) is 4. The molecule has 10 N–H and O–H groups in total. The minimum atomic E-state index is 0.133. The van der Waals surface area contributed by atoms with Gasteiger partial charge in [-0.05, 0) is 6.92 Å². The maximum atomic E-state index is 5.67. The Balaban J connectivity index is 3.28. The fraction of sp³-hybridized carbons (Fsp3) is 1.00. The molecule has 0 heterocycles. The molecule has 18 heavy (non-hydrogen) atoms. The van der Waals surface area contributed by atoms with E-state index in [0.717, 1.165) is 39.3 Å². The van der Waals surface area contributed by atoms with Gasteiger partial charge in [0, 0.05) is 58.4 Å². The quantitative estimate of drug-likeness (QED) is 0.139. The first kappa shape index (κ1) is 17.7. The van der Waals surface area contributed by atoms with E-state index in [4.69, 9.17) is 17.2 Å². The molecule has 0 aromatic rings. The summed E-state index contributed by atoms with van der Waals surface area (Å²) in [6.45, 7) is 8.54. The van der Waals surface area contributed by atoms with Crippen molar-refractivity contribution in [3.05, 3.63) is 0 Å². The Morgan fingerprint density at radius 1 is 0.889 bits per heavy atom. The monoisotopic (exact) mass is 261 g/mol. The van der Waals surface area contributed by atoms with Crippen LogP contribution >= 0.6 is 0 Å². The van der Waals surface area contributed by atoms with Crippen LogP contribution in [0.1, 0.15) is 6.92 Å². The fourth-order valence-corrected chi connectivity index (χ4v) is 1.43. The molecule has 110 valence electrons. The Labute approximate surface area is 111 Å². The first-order chi connectivity index (χ1) is 8.70. The van der Waals surface area contributed by atoms with E-state index in [0.29, 0.717) is 13.1 Å². The normalized spacial score (nSPS) is 14.7. The SMILES string of the molecule is CC(N)CNC(CN)NCCNCCNCCN. The molecule has 0 amide bonds. The van der Waals surface area contributed by atoms with E-state index in [1.54, 1.807) is 0 Å². The molecule has 7 nitrogen and oxygen atoms in total. The largest absolute Gasteiger partial charge is 0.329 e. The van der Waals surface area contributed by atoms with Gasteiger partial charge in [0.1, 0.15) is 0 Å². The van der Waals surface area contributed by atoms with Crippen LogP contribution in [0, 0.1) is 0 Å². The fourth-order valence-electron chi connectivity index (χ4n) is 1.43. The molecule has 0 aromatic carbocycles. The lowest BCUT2D eigenvalue weighted by Crippen LogP contribution is -2.52. The number of hydrogen-bond donors (Lipinski definition) is 7. The highest BCUT2D eigenvalue weighted by Crippen LogP contribution is 1.76. The van der Waals surface area contributed by atoms with Crippen molar-refractivity contribution in [2.45, 2.75) is 19.1 Å². The predicted molar refractivity (Wildman–Crippen MR) is 77.3 cm³/mol. The summed E-state index contributed by atoms with van der Waals surface area (Å²) in [5.41, 5.74) is 16.7. The van der Waals surface area contributed by atoms with Gasteiger partial charge >= 0.3 is 0 Å². The summed E-state index contributed by atoms with van der Waals surface area (Å²) in [5, 5.41) is 13.2. The standard InChI is InChI=1S/C11H31N7/c1-10(14)9-18-11(8-13)17-7-6-16-5-4-15-3-2-12/h10-11,15-18H,2-9,12-14H2,1H3. The number of hydrogen-bond acceptors (Lipinski definition) is 7. The lowest BCUT2D eigenvalue weighted by molar-refractivity contribution is 0.416. The van der Waals surface area contributed by atoms with Gasteiger partial charge in [-0.1, -0.05) is 0 Å². The molecule has 0 spiro atoms. The van der Waals surface area contributed by atoms with Crippen molar-refractivity contribution >= 4 is 0 Å². The second kappa shape index (κ2) is 13.2. The molecule has 0 aliphatic carbocycles. The zero-order valence-electron chi connectivity index (χ0n) is 11.5. The highest BCUT2D eigenvalue weighted by atomic mass is 15.1. The molecule has 2 atom stereocenters. The highest BCUT2D eigenvalue weighted by molar-refractivity contribution is 4.68. The Bertz CT molecular complexity index is 165. The van der Waals surface area contributed by atoms with Crippen LogP contribution in [0.25, 0.3) is 0 Å². The predicted octanol–water partition coefficient (Wildman–Crippen LogP) is -3.06. The van der Waals surface area contributed by atoms with Gasteiger partial charge in [-0.2, -0.15) is 0 Å². The smallest absolute Gasteiger partial charge is 0.0699 e. The molecule has 7 heteroatoms. The van der Waals surface area contributed by atoms with Crippen molar-refractivity contribution < 1.29 is 0 Å². The lowest BCUT2D eigenvalue weighted by Gasteiger charge is -2.20. The third-order valence-electron chi connectivity index (χ3n) is 2.41. The molecule has 0 aliphatic heterocycles. The molecule has 0 saturated heterocycles. The van der Waals surface area contributed by atoms with Crippen molar-refractivity contribution in [3.8, 4) is 0 Å². The van der Waals surface area contributed by atoms with Crippen molar-refractivity contribution in [2.24, 2.45) is 17.2 Å². The molecular weight excluding hydrogens is 230 g/mol. The maximum absolute atomic E-state index is 5.67. The van der Waals surface area contributed by atoms with E-state index >= 15 is 0 Å². The molecule has 0 aliphatic rings. The van der Waals surface area contributed by atoms with Crippen LogP contribution < -0.4 is 38.5 Å².